The van der Waals surface area contributed by atoms with Gasteiger partial charge in [-0.2, -0.15) is 0 Å². The molecule has 2 aliphatic rings. The first-order valence-corrected chi connectivity index (χ1v) is 7.79. The fourth-order valence-electron chi connectivity index (χ4n) is 3.32. The zero-order valence-electron chi connectivity index (χ0n) is 11.2. The predicted octanol–water partition coefficient (Wildman–Crippen LogP) is 2.40. The molecule has 1 aromatic rings. The van der Waals surface area contributed by atoms with Crippen LogP contribution in [0.1, 0.15) is 30.0 Å². The van der Waals surface area contributed by atoms with Crippen LogP contribution in [-0.2, 0) is 11.2 Å². The van der Waals surface area contributed by atoms with Gasteiger partial charge in [0.2, 0.25) is 0 Å². The van der Waals surface area contributed by atoms with E-state index in [2.05, 4.69) is 29.7 Å². The molecule has 3 nitrogen and oxygen atoms in total. The lowest BCUT2D eigenvalue weighted by atomic mass is 9.76. The lowest BCUT2D eigenvalue weighted by Crippen LogP contribution is -2.42. The molecule has 1 saturated carbocycles. The first kappa shape index (κ1) is 12.6. The van der Waals surface area contributed by atoms with Crippen LogP contribution in [0.4, 0.5) is 0 Å². The molecule has 2 unspecified atom stereocenters. The van der Waals surface area contributed by atoms with Crippen molar-refractivity contribution < 1.29 is 4.74 Å². The molecule has 1 aliphatic carbocycles. The highest BCUT2D eigenvalue weighted by molar-refractivity contribution is 7.09. The van der Waals surface area contributed by atoms with Crippen molar-refractivity contribution in [2.24, 2.45) is 11.3 Å². The highest BCUT2D eigenvalue weighted by Gasteiger charge is 2.50. The van der Waals surface area contributed by atoms with Crippen LogP contribution in [0.25, 0.3) is 0 Å². The van der Waals surface area contributed by atoms with Gasteiger partial charge in [-0.05, 0) is 39.2 Å². The van der Waals surface area contributed by atoms with E-state index in [0.29, 0.717) is 6.10 Å². The van der Waals surface area contributed by atoms with Crippen LogP contribution >= 0.6 is 11.3 Å². The summed E-state index contributed by atoms with van der Waals surface area (Å²) in [5, 5.41) is 6.82. The smallest absolute Gasteiger partial charge is 0.0935 e. The van der Waals surface area contributed by atoms with Gasteiger partial charge in [-0.25, -0.2) is 4.98 Å². The van der Waals surface area contributed by atoms with Crippen LogP contribution in [-0.4, -0.2) is 31.3 Å². The van der Waals surface area contributed by atoms with E-state index in [1.807, 2.05) is 0 Å². The Bertz CT molecular complexity index is 416. The van der Waals surface area contributed by atoms with Gasteiger partial charge in [-0.15, -0.1) is 11.3 Å². The molecule has 2 heterocycles. The van der Waals surface area contributed by atoms with E-state index in [0.717, 1.165) is 31.2 Å². The van der Waals surface area contributed by atoms with Crippen molar-refractivity contribution in [1.82, 2.24) is 10.3 Å². The molecule has 0 radical (unpaired) electrons. The second-order valence-corrected chi connectivity index (χ2v) is 6.77. The summed E-state index contributed by atoms with van der Waals surface area (Å²) in [6.07, 6.45) is 5.41. The van der Waals surface area contributed by atoms with Gasteiger partial charge in [-0.3, -0.25) is 0 Å². The molecule has 1 N–H and O–H groups in total. The van der Waals surface area contributed by atoms with Gasteiger partial charge in [0.1, 0.15) is 0 Å². The summed E-state index contributed by atoms with van der Waals surface area (Å²) >= 11 is 1.80. The van der Waals surface area contributed by atoms with Gasteiger partial charge in [-0.1, -0.05) is 0 Å². The summed E-state index contributed by atoms with van der Waals surface area (Å²) in [4.78, 5) is 4.65. The molecular formula is C14H22N2OS. The molecule has 1 aliphatic heterocycles. The van der Waals surface area contributed by atoms with Crippen molar-refractivity contribution in [3.05, 3.63) is 16.1 Å². The average molecular weight is 266 g/mol. The summed E-state index contributed by atoms with van der Waals surface area (Å²) in [6.45, 7) is 4.05. The second-order valence-electron chi connectivity index (χ2n) is 5.83. The standard InChI is InChI=1S/C14H22N2OS/c1-10-8-18-12(16-10)7-14(9-15-2)5-6-17-13(14)11-3-4-11/h8,11,13,15H,3-7,9H2,1-2H3. The number of hydrogen-bond acceptors (Lipinski definition) is 4. The van der Waals surface area contributed by atoms with Crippen molar-refractivity contribution in [3.63, 3.8) is 0 Å². The largest absolute Gasteiger partial charge is 0.377 e. The molecule has 0 spiro atoms. The van der Waals surface area contributed by atoms with Crippen LogP contribution < -0.4 is 5.32 Å². The molecule has 100 valence electrons. The molecule has 0 bridgehead atoms. The third-order valence-corrected chi connectivity index (χ3v) is 5.22. The lowest BCUT2D eigenvalue weighted by Gasteiger charge is -2.33. The number of aryl methyl sites for hydroxylation is 1. The topological polar surface area (TPSA) is 34.2 Å². The quantitative estimate of drug-likeness (QED) is 0.888. The van der Waals surface area contributed by atoms with E-state index >= 15 is 0 Å². The van der Waals surface area contributed by atoms with E-state index in [4.69, 9.17) is 4.74 Å². The molecule has 2 atom stereocenters. The van der Waals surface area contributed by atoms with Gasteiger partial charge < -0.3 is 10.1 Å². The van der Waals surface area contributed by atoms with Crippen molar-refractivity contribution in [1.29, 1.82) is 0 Å². The van der Waals surface area contributed by atoms with Crippen molar-refractivity contribution in [2.75, 3.05) is 20.2 Å². The van der Waals surface area contributed by atoms with Crippen LogP contribution in [0.5, 0.6) is 0 Å². The molecule has 1 aromatic heterocycles. The Morgan fingerprint density at radius 1 is 1.56 bits per heavy atom. The Hall–Kier alpha value is -0.450. The SMILES string of the molecule is CNCC1(Cc2nc(C)cs2)CCOC1C1CC1. The minimum atomic E-state index is 0.278. The third kappa shape index (κ3) is 2.33. The Morgan fingerprint density at radius 3 is 3.00 bits per heavy atom. The van der Waals surface area contributed by atoms with Gasteiger partial charge in [0.05, 0.1) is 11.1 Å². The van der Waals surface area contributed by atoms with Crippen LogP contribution in [0.3, 0.4) is 0 Å². The molecule has 1 saturated heterocycles. The number of hydrogen-bond donors (Lipinski definition) is 1. The second kappa shape index (κ2) is 4.91. The summed E-state index contributed by atoms with van der Waals surface area (Å²) in [5.41, 5.74) is 1.43. The number of nitrogens with one attached hydrogen (secondary N) is 1. The van der Waals surface area contributed by atoms with Crippen LogP contribution in [0.2, 0.25) is 0 Å². The van der Waals surface area contributed by atoms with E-state index in [-0.39, 0.29) is 5.41 Å². The number of nitrogens with zero attached hydrogens (tertiary/aromatic N) is 1. The maximum absolute atomic E-state index is 6.06. The summed E-state index contributed by atoms with van der Waals surface area (Å²) in [7, 11) is 2.05. The fraction of sp³-hybridized carbons (Fsp3) is 0.786. The fourth-order valence-corrected chi connectivity index (χ4v) is 4.25. The normalized spacial score (nSPS) is 32.0. The van der Waals surface area contributed by atoms with Gasteiger partial charge >= 0.3 is 0 Å². The van der Waals surface area contributed by atoms with Gasteiger partial charge in [0.25, 0.3) is 0 Å². The summed E-state index contributed by atoms with van der Waals surface area (Å²) in [6, 6.07) is 0. The monoisotopic (exact) mass is 266 g/mol. The highest BCUT2D eigenvalue weighted by atomic mass is 32.1. The number of thiazole rings is 1. The molecular weight excluding hydrogens is 244 g/mol. The maximum Gasteiger partial charge on any atom is 0.0935 e. The highest BCUT2D eigenvalue weighted by Crippen LogP contribution is 2.49. The molecule has 18 heavy (non-hydrogen) atoms. The van der Waals surface area contributed by atoms with Crippen LogP contribution in [0, 0.1) is 18.3 Å². The minimum Gasteiger partial charge on any atom is -0.377 e. The minimum absolute atomic E-state index is 0.278. The van der Waals surface area contributed by atoms with Crippen LogP contribution in [0.15, 0.2) is 5.38 Å². The molecule has 2 fully saturated rings. The Kier molecular flexibility index (Phi) is 3.43. The lowest BCUT2D eigenvalue weighted by molar-refractivity contribution is 0.0314. The third-order valence-electron chi connectivity index (χ3n) is 4.25. The van der Waals surface area contributed by atoms with Crippen molar-refractivity contribution in [2.45, 2.75) is 38.7 Å². The van der Waals surface area contributed by atoms with Crippen molar-refractivity contribution >= 4 is 11.3 Å². The van der Waals surface area contributed by atoms with E-state index in [1.165, 1.54) is 24.3 Å². The Labute approximate surface area is 113 Å². The van der Waals surface area contributed by atoms with Crippen molar-refractivity contribution in [3.8, 4) is 0 Å². The zero-order chi connectivity index (χ0) is 12.6. The van der Waals surface area contributed by atoms with E-state index in [9.17, 15) is 0 Å². The average Bonchev–Trinajstić information content (AvgIpc) is 2.98. The molecule has 4 heteroatoms. The Morgan fingerprint density at radius 2 is 2.39 bits per heavy atom. The van der Waals surface area contributed by atoms with E-state index < -0.39 is 0 Å². The summed E-state index contributed by atoms with van der Waals surface area (Å²) < 4.78 is 6.06. The first-order chi connectivity index (χ1) is 8.73. The predicted molar refractivity (Wildman–Crippen MR) is 74.0 cm³/mol. The molecule has 0 amide bonds. The maximum atomic E-state index is 6.06. The number of ether oxygens (including phenoxy) is 1. The first-order valence-electron chi connectivity index (χ1n) is 6.91. The van der Waals surface area contributed by atoms with E-state index in [1.54, 1.807) is 11.3 Å². The number of rotatable bonds is 5. The summed E-state index contributed by atoms with van der Waals surface area (Å²) in [5.74, 6) is 0.807. The Balaban J connectivity index is 1.81. The van der Waals surface area contributed by atoms with Gasteiger partial charge in [0, 0.05) is 36.1 Å². The zero-order valence-corrected chi connectivity index (χ0v) is 12.1. The van der Waals surface area contributed by atoms with Gasteiger partial charge in [0.15, 0.2) is 0 Å². The molecule has 0 aromatic carbocycles. The molecule has 3 rings (SSSR count). The number of aromatic nitrogens is 1.